The lowest BCUT2D eigenvalue weighted by Crippen LogP contribution is -2.22. The highest BCUT2D eigenvalue weighted by Gasteiger charge is 2.24. The van der Waals surface area contributed by atoms with Crippen molar-refractivity contribution in [1.29, 1.82) is 0 Å². The molecule has 0 fully saturated rings. The maximum Gasteiger partial charge on any atom is 0.349 e. The molecular weight excluding hydrogens is 284 g/mol. The van der Waals surface area contributed by atoms with E-state index in [4.69, 9.17) is 9.47 Å². The number of rotatable bonds is 7. The summed E-state index contributed by atoms with van der Waals surface area (Å²) in [6.07, 6.45) is 3.06. The SMILES string of the molecule is CCCC(CCC)C(=O)OC(=O)c1ccccc1OC(C)=O. The number of para-hydroxylation sites is 1. The number of esters is 3. The first-order chi connectivity index (χ1) is 10.5. The molecule has 0 aliphatic carbocycles. The van der Waals surface area contributed by atoms with Crippen LogP contribution in [0.5, 0.6) is 5.75 Å². The zero-order valence-electron chi connectivity index (χ0n) is 13.3. The second-order valence-electron chi connectivity index (χ2n) is 5.07. The average Bonchev–Trinajstić information content (AvgIpc) is 2.46. The Bertz CT molecular complexity index is 530. The number of hydrogen-bond donors (Lipinski definition) is 0. The molecule has 0 atom stereocenters. The number of benzene rings is 1. The van der Waals surface area contributed by atoms with E-state index in [1.807, 2.05) is 13.8 Å². The van der Waals surface area contributed by atoms with Crippen LogP contribution in [0, 0.1) is 5.92 Å². The third kappa shape index (κ3) is 5.31. The van der Waals surface area contributed by atoms with Crippen LogP contribution in [0.4, 0.5) is 0 Å². The fourth-order valence-corrected chi connectivity index (χ4v) is 2.19. The van der Waals surface area contributed by atoms with Crippen molar-refractivity contribution >= 4 is 17.9 Å². The summed E-state index contributed by atoms with van der Waals surface area (Å²) in [5.74, 6) is -2.04. The van der Waals surface area contributed by atoms with Gasteiger partial charge in [0.2, 0.25) is 0 Å². The normalized spacial score (nSPS) is 10.4. The molecule has 5 nitrogen and oxygen atoms in total. The predicted molar refractivity (Wildman–Crippen MR) is 81.5 cm³/mol. The summed E-state index contributed by atoms with van der Waals surface area (Å²) >= 11 is 0. The number of carbonyl (C=O) groups is 3. The van der Waals surface area contributed by atoms with E-state index in [-0.39, 0.29) is 17.2 Å². The minimum absolute atomic E-state index is 0.0674. The molecule has 1 aromatic rings. The van der Waals surface area contributed by atoms with Gasteiger partial charge < -0.3 is 9.47 Å². The molecule has 22 heavy (non-hydrogen) atoms. The molecule has 0 aromatic heterocycles. The lowest BCUT2D eigenvalue weighted by atomic mass is 9.98. The predicted octanol–water partition coefficient (Wildman–Crippen LogP) is 3.51. The molecule has 0 aliphatic rings. The van der Waals surface area contributed by atoms with Crippen molar-refractivity contribution in [2.24, 2.45) is 5.92 Å². The summed E-state index contributed by atoms with van der Waals surface area (Å²) in [5.41, 5.74) is 0.0674. The van der Waals surface area contributed by atoms with Crippen LogP contribution in [-0.4, -0.2) is 17.9 Å². The quantitative estimate of drug-likeness (QED) is 0.438. The first-order valence-corrected chi connectivity index (χ1v) is 7.53. The Hall–Kier alpha value is -2.17. The fourth-order valence-electron chi connectivity index (χ4n) is 2.19. The lowest BCUT2D eigenvalue weighted by molar-refractivity contribution is -0.143. The Balaban J connectivity index is 2.84. The first-order valence-electron chi connectivity index (χ1n) is 7.53. The van der Waals surface area contributed by atoms with Crippen molar-refractivity contribution in [2.45, 2.75) is 46.5 Å². The monoisotopic (exact) mass is 306 g/mol. The summed E-state index contributed by atoms with van der Waals surface area (Å²) in [7, 11) is 0. The molecule has 120 valence electrons. The van der Waals surface area contributed by atoms with E-state index in [1.165, 1.54) is 19.1 Å². The van der Waals surface area contributed by atoms with Gasteiger partial charge in [0.25, 0.3) is 0 Å². The van der Waals surface area contributed by atoms with Crippen LogP contribution in [0.3, 0.4) is 0 Å². The van der Waals surface area contributed by atoms with Crippen LogP contribution < -0.4 is 4.74 Å². The topological polar surface area (TPSA) is 69.7 Å². The highest BCUT2D eigenvalue weighted by Crippen LogP contribution is 2.21. The standard InChI is InChI=1S/C17H22O5/c1-4-8-13(9-5-2)16(19)22-17(20)14-10-6-7-11-15(14)21-12(3)18/h6-7,10-11,13H,4-5,8-9H2,1-3H3. The summed E-state index contributed by atoms with van der Waals surface area (Å²) in [6.45, 7) is 5.20. The zero-order chi connectivity index (χ0) is 16.5. The third-order valence-corrected chi connectivity index (χ3v) is 3.16. The molecule has 5 heteroatoms. The molecule has 0 saturated carbocycles. The smallest absolute Gasteiger partial charge is 0.349 e. The van der Waals surface area contributed by atoms with Gasteiger partial charge in [-0.15, -0.1) is 0 Å². The van der Waals surface area contributed by atoms with Crippen molar-refractivity contribution in [1.82, 2.24) is 0 Å². The summed E-state index contributed by atoms with van der Waals surface area (Å²) < 4.78 is 9.91. The van der Waals surface area contributed by atoms with Gasteiger partial charge in [0.1, 0.15) is 11.3 Å². The van der Waals surface area contributed by atoms with Gasteiger partial charge in [-0.3, -0.25) is 9.59 Å². The largest absolute Gasteiger partial charge is 0.426 e. The molecule has 0 N–H and O–H groups in total. The lowest BCUT2D eigenvalue weighted by Gasteiger charge is -2.14. The molecule has 0 spiro atoms. The first kappa shape index (κ1) is 17.9. The Labute approximate surface area is 130 Å². The van der Waals surface area contributed by atoms with Gasteiger partial charge in [-0.25, -0.2) is 4.79 Å². The Morgan fingerprint density at radius 2 is 1.64 bits per heavy atom. The second kappa shape index (κ2) is 8.97. The Morgan fingerprint density at radius 3 is 2.18 bits per heavy atom. The second-order valence-corrected chi connectivity index (χ2v) is 5.07. The van der Waals surface area contributed by atoms with Gasteiger partial charge in [-0.1, -0.05) is 38.8 Å². The van der Waals surface area contributed by atoms with Crippen molar-refractivity contribution in [3.8, 4) is 5.75 Å². The molecule has 0 aliphatic heterocycles. The minimum atomic E-state index is -0.793. The molecule has 0 heterocycles. The molecule has 1 rings (SSSR count). The molecule has 0 radical (unpaired) electrons. The molecular formula is C17H22O5. The molecule has 0 amide bonds. The van der Waals surface area contributed by atoms with Gasteiger partial charge in [0, 0.05) is 6.92 Å². The number of hydrogen-bond acceptors (Lipinski definition) is 5. The maximum atomic E-state index is 12.1. The van der Waals surface area contributed by atoms with Crippen LogP contribution in [0.25, 0.3) is 0 Å². The summed E-state index contributed by atoms with van der Waals surface area (Å²) in [5, 5.41) is 0. The van der Waals surface area contributed by atoms with Crippen LogP contribution in [0.2, 0.25) is 0 Å². The zero-order valence-corrected chi connectivity index (χ0v) is 13.3. The van der Waals surface area contributed by atoms with Gasteiger partial charge >= 0.3 is 17.9 Å². The van der Waals surface area contributed by atoms with Crippen LogP contribution in [0.15, 0.2) is 24.3 Å². The molecule has 0 unspecified atom stereocenters. The average molecular weight is 306 g/mol. The van der Waals surface area contributed by atoms with Crippen LogP contribution in [-0.2, 0) is 14.3 Å². The van der Waals surface area contributed by atoms with E-state index in [1.54, 1.807) is 12.1 Å². The van der Waals surface area contributed by atoms with Crippen molar-refractivity contribution in [3.63, 3.8) is 0 Å². The highest BCUT2D eigenvalue weighted by atomic mass is 16.6. The van der Waals surface area contributed by atoms with E-state index in [9.17, 15) is 14.4 Å². The van der Waals surface area contributed by atoms with Crippen LogP contribution >= 0.6 is 0 Å². The molecule has 0 saturated heterocycles. The van der Waals surface area contributed by atoms with Gasteiger partial charge in [-0.2, -0.15) is 0 Å². The highest BCUT2D eigenvalue weighted by molar-refractivity contribution is 5.99. The molecule has 1 aromatic carbocycles. The van der Waals surface area contributed by atoms with Crippen molar-refractivity contribution in [3.05, 3.63) is 29.8 Å². The third-order valence-electron chi connectivity index (χ3n) is 3.16. The maximum absolute atomic E-state index is 12.1. The number of ether oxygens (including phenoxy) is 2. The van der Waals surface area contributed by atoms with E-state index < -0.39 is 17.9 Å². The van der Waals surface area contributed by atoms with Gasteiger partial charge in [0.05, 0.1) is 5.92 Å². The van der Waals surface area contributed by atoms with E-state index in [0.717, 1.165) is 12.8 Å². The Morgan fingerprint density at radius 1 is 1.05 bits per heavy atom. The summed E-state index contributed by atoms with van der Waals surface area (Å²) in [6, 6.07) is 6.19. The van der Waals surface area contributed by atoms with E-state index in [2.05, 4.69) is 0 Å². The molecule has 0 bridgehead atoms. The van der Waals surface area contributed by atoms with Crippen LogP contribution in [0.1, 0.15) is 56.8 Å². The Kier molecular flexibility index (Phi) is 7.29. The fraction of sp³-hybridized carbons (Fsp3) is 0.471. The minimum Gasteiger partial charge on any atom is -0.426 e. The van der Waals surface area contributed by atoms with Crippen molar-refractivity contribution < 1.29 is 23.9 Å². The summed E-state index contributed by atoms with van der Waals surface area (Å²) in [4.78, 5) is 35.3. The van der Waals surface area contributed by atoms with Gasteiger partial charge in [-0.05, 0) is 25.0 Å². The van der Waals surface area contributed by atoms with E-state index >= 15 is 0 Å². The van der Waals surface area contributed by atoms with Gasteiger partial charge in [0.15, 0.2) is 0 Å². The van der Waals surface area contributed by atoms with E-state index in [0.29, 0.717) is 12.8 Å². The number of carbonyl (C=O) groups excluding carboxylic acids is 3. The van der Waals surface area contributed by atoms with Crippen molar-refractivity contribution in [2.75, 3.05) is 0 Å².